The number of benzene rings is 1. The van der Waals surface area contributed by atoms with Gasteiger partial charge in [-0.2, -0.15) is 0 Å². The molecule has 0 unspecified atom stereocenters. The SMILES string of the molecule is COC(=O)c1cc([NH+]([O-])[O-])ccc1N1CCOCC1. The van der Waals surface area contributed by atoms with E-state index in [4.69, 9.17) is 9.47 Å². The van der Waals surface area contributed by atoms with E-state index in [2.05, 4.69) is 0 Å². The van der Waals surface area contributed by atoms with Crippen LogP contribution >= 0.6 is 0 Å². The number of methoxy groups -OCH3 is 1. The lowest BCUT2D eigenvalue weighted by molar-refractivity contribution is -0.715. The zero-order chi connectivity index (χ0) is 13.8. The van der Waals surface area contributed by atoms with Gasteiger partial charge in [0, 0.05) is 25.2 Å². The van der Waals surface area contributed by atoms with Crippen LogP contribution in [0.3, 0.4) is 0 Å². The van der Waals surface area contributed by atoms with E-state index in [-0.39, 0.29) is 11.3 Å². The Morgan fingerprint density at radius 1 is 1.37 bits per heavy atom. The smallest absolute Gasteiger partial charge is 0.340 e. The molecule has 1 aliphatic rings. The predicted molar refractivity (Wildman–Crippen MR) is 68.2 cm³/mol. The number of nitrogens with one attached hydrogen (secondary N) is 1. The van der Waals surface area contributed by atoms with Gasteiger partial charge in [-0.25, -0.2) is 4.79 Å². The molecule has 7 nitrogen and oxygen atoms in total. The minimum Gasteiger partial charge on any atom is -0.628 e. The van der Waals surface area contributed by atoms with Gasteiger partial charge in [0.2, 0.25) is 0 Å². The summed E-state index contributed by atoms with van der Waals surface area (Å²) >= 11 is 0. The number of hydrogen-bond donors (Lipinski definition) is 1. The second kappa shape index (κ2) is 5.98. The largest absolute Gasteiger partial charge is 0.628 e. The van der Waals surface area contributed by atoms with Crippen LogP contribution in [-0.2, 0) is 9.47 Å². The summed E-state index contributed by atoms with van der Waals surface area (Å²) in [5.41, 5.74) is 0.837. The molecule has 0 radical (unpaired) electrons. The average molecular weight is 267 g/mol. The number of ether oxygens (including phenoxy) is 2. The summed E-state index contributed by atoms with van der Waals surface area (Å²) in [5.74, 6) is -0.565. The topological polar surface area (TPSA) is 89.3 Å². The second-order valence-electron chi connectivity index (χ2n) is 4.11. The molecular weight excluding hydrogens is 252 g/mol. The molecule has 1 aromatic rings. The fourth-order valence-corrected chi connectivity index (χ4v) is 2.02. The molecular formula is C12H15N2O5-. The first-order valence-corrected chi connectivity index (χ1v) is 5.90. The molecule has 7 heteroatoms. The Morgan fingerprint density at radius 2 is 2.05 bits per heavy atom. The average Bonchev–Trinajstić information content (AvgIpc) is 2.46. The zero-order valence-corrected chi connectivity index (χ0v) is 10.5. The van der Waals surface area contributed by atoms with Gasteiger partial charge in [-0.1, -0.05) is 0 Å². The minimum absolute atomic E-state index is 0.0441. The van der Waals surface area contributed by atoms with E-state index >= 15 is 0 Å². The molecule has 0 bridgehead atoms. The Hall–Kier alpha value is -1.67. The van der Waals surface area contributed by atoms with Crippen LogP contribution in [0.1, 0.15) is 10.4 Å². The van der Waals surface area contributed by atoms with E-state index in [0.717, 1.165) is 0 Å². The summed E-state index contributed by atoms with van der Waals surface area (Å²) in [5, 5.41) is 20.4. The summed E-state index contributed by atoms with van der Waals surface area (Å²) in [4.78, 5) is 13.7. The van der Waals surface area contributed by atoms with Gasteiger partial charge in [0.05, 0.1) is 31.6 Å². The van der Waals surface area contributed by atoms with E-state index < -0.39 is 11.2 Å². The highest BCUT2D eigenvalue weighted by atomic mass is 16.8. The lowest BCUT2D eigenvalue weighted by Crippen LogP contribution is -2.96. The molecule has 0 amide bonds. The molecule has 19 heavy (non-hydrogen) atoms. The molecule has 1 fully saturated rings. The molecule has 0 spiro atoms. The van der Waals surface area contributed by atoms with Crippen molar-refractivity contribution in [1.82, 2.24) is 0 Å². The maximum Gasteiger partial charge on any atom is 0.340 e. The monoisotopic (exact) mass is 267 g/mol. The number of morpholine rings is 1. The highest BCUT2D eigenvalue weighted by molar-refractivity contribution is 5.96. The Kier molecular flexibility index (Phi) is 4.33. The third-order valence-corrected chi connectivity index (χ3v) is 2.99. The summed E-state index contributed by atoms with van der Waals surface area (Å²) < 4.78 is 9.94. The van der Waals surface area contributed by atoms with Crippen molar-refractivity contribution < 1.29 is 19.5 Å². The summed E-state index contributed by atoms with van der Waals surface area (Å²) in [7, 11) is 1.26. The lowest BCUT2D eigenvalue weighted by atomic mass is 10.1. The Labute approximate surface area is 110 Å². The van der Waals surface area contributed by atoms with E-state index in [1.54, 1.807) is 6.07 Å². The van der Waals surface area contributed by atoms with Crippen molar-refractivity contribution in [3.8, 4) is 0 Å². The number of carbonyl (C=O) groups is 1. The summed E-state index contributed by atoms with van der Waals surface area (Å²) in [6.45, 7) is 2.44. The van der Waals surface area contributed by atoms with Crippen LogP contribution in [0.5, 0.6) is 0 Å². The van der Waals surface area contributed by atoms with Crippen molar-refractivity contribution >= 4 is 17.3 Å². The maximum absolute atomic E-state index is 11.8. The molecule has 2 rings (SSSR count). The number of anilines is 1. The Bertz CT molecular complexity index is 457. The fourth-order valence-electron chi connectivity index (χ4n) is 2.02. The molecule has 0 saturated carbocycles. The van der Waals surface area contributed by atoms with Crippen LogP contribution in [0.4, 0.5) is 11.4 Å². The highest BCUT2D eigenvalue weighted by Crippen LogP contribution is 2.24. The number of rotatable bonds is 3. The number of hydrogen-bond acceptors (Lipinski definition) is 6. The van der Waals surface area contributed by atoms with E-state index in [1.165, 1.54) is 19.2 Å². The minimum atomic E-state index is -1.32. The van der Waals surface area contributed by atoms with Crippen molar-refractivity contribution in [2.75, 3.05) is 38.3 Å². The van der Waals surface area contributed by atoms with Gasteiger partial charge in [0.15, 0.2) is 0 Å². The first-order chi connectivity index (χ1) is 9.13. The quantitative estimate of drug-likeness (QED) is 0.603. The van der Waals surface area contributed by atoms with Crippen LogP contribution in [-0.4, -0.2) is 39.4 Å². The molecule has 104 valence electrons. The van der Waals surface area contributed by atoms with E-state index in [9.17, 15) is 15.2 Å². The summed E-state index contributed by atoms with van der Waals surface area (Å²) in [6, 6.07) is 4.31. The standard InChI is InChI=1S/C12H15N2O5/c1-18-12(15)10-8-9(14(16)17)2-3-11(10)13-4-6-19-7-5-13/h2-3,8,14H,4-7H2,1H3/q-1. The third kappa shape index (κ3) is 3.02. The van der Waals surface area contributed by atoms with Crippen LogP contribution < -0.4 is 10.1 Å². The predicted octanol–water partition coefficient (Wildman–Crippen LogP) is -0.178. The fraction of sp³-hybridized carbons (Fsp3) is 0.417. The first kappa shape index (κ1) is 13.8. The summed E-state index contributed by atoms with van der Waals surface area (Å²) in [6.07, 6.45) is 0. The molecule has 1 heterocycles. The number of esters is 1. The van der Waals surface area contributed by atoms with Gasteiger partial charge in [-0.15, -0.1) is 0 Å². The van der Waals surface area contributed by atoms with Gasteiger partial charge < -0.3 is 30.0 Å². The maximum atomic E-state index is 11.8. The zero-order valence-electron chi connectivity index (χ0n) is 10.5. The van der Waals surface area contributed by atoms with Gasteiger partial charge in [-0.05, 0) is 6.07 Å². The van der Waals surface area contributed by atoms with Gasteiger partial charge in [-0.3, -0.25) is 0 Å². The second-order valence-corrected chi connectivity index (χ2v) is 4.11. The molecule has 0 atom stereocenters. The van der Waals surface area contributed by atoms with Gasteiger partial charge in [0.25, 0.3) is 0 Å². The number of quaternary nitrogens is 1. The number of nitrogens with zero attached hydrogens (tertiary/aromatic N) is 1. The van der Waals surface area contributed by atoms with Crippen molar-refractivity contribution in [1.29, 1.82) is 0 Å². The molecule has 0 aromatic heterocycles. The van der Waals surface area contributed by atoms with E-state index in [1.807, 2.05) is 4.90 Å². The van der Waals surface area contributed by atoms with Crippen LogP contribution in [0.25, 0.3) is 0 Å². The molecule has 1 N–H and O–H groups in total. The van der Waals surface area contributed by atoms with Crippen LogP contribution in [0.2, 0.25) is 0 Å². The molecule has 1 saturated heterocycles. The van der Waals surface area contributed by atoms with Crippen molar-refractivity contribution in [3.05, 3.63) is 34.2 Å². The van der Waals surface area contributed by atoms with Gasteiger partial charge >= 0.3 is 5.97 Å². The van der Waals surface area contributed by atoms with Gasteiger partial charge in [0.1, 0.15) is 5.69 Å². The molecule has 0 aliphatic carbocycles. The highest BCUT2D eigenvalue weighted by Gasteiger charge is 2.20. The first-order valence-electron chi connectivity index (χ1n) is 5.90. The Balaban J connectivity index is 2.38. The lowest BCUT2D eigenvalue weighted by Gasteiger charge is -2.31. The van der Waals surface area contributed by atoms with Crippen LogP contribution in [0.15, 0.2) is 18.2 Å². The van der Waals surface area contributed by atoms with E-state index in [0.29, 0.717) is 32.0 Å². The van der Waals surface area contributed by atoms with Crippen LogP contribution in [0, 0.1) is 10.4 Å². The molecule has 1 aliphatic heterocycles. The van der Waals surface area contributed by atoms with Crippen molar-refractivity contribution in [2.24, 2.45) is 0 Å². The van der Waals surface area contributed by atoms with Crippen molar-refractivity contribution in [3.63, 3.8) is 0 Å². The third-order valence-electron chi connectivity index (χ3n) is 2.99. The Morgan fingerprint density at radius 3 is 2.63 bits per heavy atom. The normalized spacial score (nSPS) is 15.7. The van der Waals surface area contributed by atoms with Crippen molar-refractivity contribution in [2.45, 2.75) is 0 Å². The number of carbonyl (C=O) groups excluding carboxylic acids is 1. The molecule has 1 aromatic carbocycles.